The highest BCUT2D eigenvalue weighted by atomic mass is 32.2. The van der Waals surface area contributed by atoms with Crippen LogP contribution in [0.4, 0.5) is 14.5 Å². The van der Waals surface area contributed by atoms with E-state index in [1.54, 1.807) is 12.1 Å². The lowest BCUT2D eigenvalue weighted by Crippen LogP contribution is -2.20. The van der Waals surface area contributed by atoms with E-state index in [0.29, 0.717) is 4.70 Å². The van der Waals surface area contributed by atoms with Gasteiger partial charge >= 0.3 is 0 Å². The minimum Gasteiger partial charge on any atom is -0.383 e. The summed E-state index contributed by atoms with van der Waals surface area (Å²) in [7, 11) is -2.30. The Balaban J connectivity index is 1.62. The number of benzene rings is 3. The number of hydrogen-bond acceptors (Lipinski definition) is 5. The maximum absolute atomic E-state index is 14.5. The SMILES string of the molecule is COCCn1c(=NC(=O)c2ccc(NS(=O)(=O)c3ccc(C)cc3)cc2)sc2cc(F)cc(F)c21. The number of aromatic nitrogens is 1. The standard InChI is InChI=1S/C24H21F2N3O4S2/c1-15-3-9-19(10-4-15)35(31,32)28-18-7-5-16(6-8-18)23(30)27-24-29(11-12-33-2)22-20(26)13-17(25)14-21(22)34-24/h3-10,13-14,28H,11-12H2,1-2H3. The van der Waals surface area contributed by atoms with Crippen LogP contribution in [0.25, 0.3) is 10.2 Å². The van der Waals surface area contributed by atoms with E-state index in [1.807, 2.05) is 6.92 Å². The minimum atomic E-state index is -3.79. The Morgan fingerprint density at radius 3 is 2.43 bits per heavy atom. The Labute approximate surface area is 204 Å². The number of halogens is 2. The van der Waals surface area contributed by atoms with E-state index in [2.05, 4.69) is 9.71 Å². The highest BCUT2D eigenvalue weighted by molar-refractivity contribution is 7.92. The van der Waals surface area contributed by atoms with Gasteiger partial charge in [0.25, 0.3) is 15.9 Å². The number of anilines is 1. The van der Waals surface area contributed by atoms with Crippen LogP contribution in [-0.2, 0) is 21.3 Å². The highest BCUT2D eigenvalue weighted by Crippen LogP contribution is 2.23. The van der Waals surface area contributed by atoms with Crippen molar-refractivity contribution in [2.75, 3.05) is 18.4 Å². The molecule has 4 aromatic rings. The van der Waals surface area contributed by atoms with E-state index in [4.69, 9.17) is 4.74 Å². The molecule has 0 unspecified atom stereocenters. The summed E-state index contributed by atoms with van der Waals surface area (Å²) in [5.74, 6) is -2.10. The van der Waals surface area contributed by atoms with Crippen LogP contribution in [-0.4, -0.2) is 32.6 Å². The molecule has 0 bridgehead atoms. The number of nitrogens with one attached hydrogen (secondary N) is 1. The largest absolute Gasteiger partial charge is 0.383 e. The summed E-state index contributed by atoms with van der Waals surface area (Å²) in [6, 6.07) is 14.2. The number of ether oxygens (including phenoxy) is 1. The zero-order chi connectivity index (χ0) is 25.2. The molecule has 1 heterocycles. The molecule has 11 heteroatoms. The number of thiazole rings is 1. The molecule has 35 heavy (non-hydrogen) atoms. The number of fused-ring (bicyclic) bond motifs is 1. The molecule has 0 aliphatic heterocycles. The molecule has 0 fully saturated rings. The normalized spacial score (nSPS) is 12.3. The van der Waals surface area contributed by atoms with Gasteiger partial charge in [-0.05, 0) is 49.4 Å². The Bertz CT molecular complexity index is 1560. The van der Waals surface area contributed by atoms with Gasteiger partial charge in [0.15, 0.2) is 10.6 Å². The van der Waals surface area contributed by atoms with Crippen molar-refractivity contribution in [3.8, 4) is 0 Å². The number of aryl methyl sites for hydroxylation is 1. The van der Waals surface area contributed by atoms with Gasteiger partial charge in [0, 0.05) is 31.0 Å². The van der Waals surface area contributed by atoms with Crippen molar-refractivity contribution in [2.45, 2.75) is 18.4 Å². The maximum Gasteiger partial charge on any atom is 0.279 e. The first-order chi connectivity index (χ1) is 16.7. The Kier molecular flexibility index (Phi) is 7.10. The second kappa shape index (κ2) is 10.1. The Hall–Kier alpha value is -3.41. The van der Waals surface area contributed by atoms with Crippen LogP contribution < -0.4 is 9.52 Å². The van der Waals surface area contributed by atoms with Gasteiger partial charge in [-0.15, -0.1) is 0 Å². The monoisotopic (exact) mass is 517 g/mol. The fourth-order valence-electron chi connectivity index (χ4n) is 3.37. The smallest absolute Gasteiger partial charge is 0.279 e. The molecule has 4 rings (SSSR count). The maximum atomic E-state index is 14.5. The number of hydrogen-bond donors (Lipinski definition) is 1. The fraction of sp³-hybridized carbons (Fsp3) is 0.167. The van der Waals surface area contributed by atoms with Crippen molar-refractivity contribution >= 4 is 43.2 Å². The Morgan fingerprint density at radius 2 is 1.77 bits per heavy atom. The predicted molar refractivity (Wildman–Crippen MR) is 130 cm³/mol. The third-order valence-electron chi connectivity index (χ3n) is 5.13. The van der Waals surface area contributed by atoms with Crippen LogP contribution in [0.2, 0.25) is 0 Å². The van der Waals surface area contributed by atoms with Crippen LogP contribution in [0, 0.1) is 18.6 Å². The molecule has 1 amide bonds. The van der Waals surface area contributed by atoms with Gasteiger partial charge in [-0.3, -0.25) is 9.52 Å². The topological polar surface area (TPSA) is 89.8 Å². The van der Waals surface area contributed by atoms with Gasteiger partial charge in [0.1, 0.15) is 5.82 Å². The first-order valence-electron chi connectivity index (χ1n) is 10.4. The summed E-state index contributed by atoms with van der Waals surface area (Å²) in [6.07, 6.45) is 0. The number of carbonyl (C=O) groups excluding carboxylic acids is 1. The van der Waals surface area contributed by atoms with E-state index in [1.165, 1.54) is 54.1 Å². The summed E-state index contributed by atoms with van der Waals surface area (Å²) in [5.41, 5.74) is 1.55. The first-order valence-corrected chi connectivity index (χ1v) is 12.7. The van der Waals surface area contributed by atoms with Gasteiger partial charge in [-0.2, -0.15) is 4.99 Å². The zero-order valence-electron chi connectivity index (χ0n) is 18.8. The third-order valence-corrected chi connectivity index (χ3v) is 7.55. The third kappa shape index (κ3) is 5.47. The summed E-state index contributed by atoms with van der Waals surface area (Å²) in [5, 5.41) is 0. The van der Waals surface area contributed by atoms with Crippen molar-refractivity contribution < 1.29 is 26.7 Å². The minimum absolute atomic E-state index is 0.118. The summed E-state index contributed by atoms with van der Waals surface area (Å²) < 4.78 is 62.6. The lowest BCUT2D eigenvalue weighted by molar-refractivity contribution is 0.0997. The molecule has 0 atom stereocenters. The first kappa shape index (κ1) is 24.7. The van der Waals surface area contributed by atoms with E-state index in [0.717, 1.165) is 23.0 Å². The molecule has 0 saturated heterocycles. The van der Waals surface area contributed by atoms with Gasteiger partial charge < -0.3 is 9.30 Å². The summed E-state index contributed by atoms with van der Waals surface area (Å²) >= 11 is 0.984. The summed E-state index contributed by atoms with van der Waals surface area (Å²) in [6.45, 7) is 2.31. The molecule has 3 aromatic carbocycles. The zero-order valence-corrected chi connectivity index (χ0v) is 20.4. The second-order valence-corrected chi connectivity index (χ2v) is 10.4. The molecule has 0 radical (unpaired) electrons. The van der Waals surface area contributed by atoms with Gasteiger partial charge in [-0.1, -0.05) is 29.0 Å². The molecule has 1 N–H and O–H groups in total. The lowest BCUT2D eigenvalue weighted by atomic mass is 10.2. The van der Waals surface area contributed by atoms with Crippen LogP contribution in [0.3, 0.4) is 0 Å². The van der Waals surface area contributed by atoms with Gasteiger partial charge in [-0.25, -0.2) is 17.2 Å². The molecule has 7 nitrogen and oxygen atoms in total. The number of sulfonamides is 1. The van der Waals surface area contributed by atoms with Crippen molar-refractivity contribution in [1.29, 1.82) is 0 Å². The molecule has 0 saturated carbocycles. The van der Waals surface area contributed by atoms with Crippen molar-refractivity contribution in [2.24, 2.45) is 4.99 Å². The van der Waals surface area contributed by atoms with E-state index >= 15 is 0 Å². The van der Waals surface area contributed by atoms with Crippen LogP contribution >= 0.6 is 11.3 Å². The molecule has 0 spiro atoms. The molecule has 1 aromatic heterocycles. The van der Waals surface area contributed by atoms with Crippen molar-refractivity contribution in [3.63, 3.8) is 0 Å². The number of rotatable bonds is 7. The molecular formula is C24H21F2N3O4S2. The molecular weight excluding hydrogens is 496 g/mol. The lowest BCUT2D eigenvalue weighted by Gasteiger charge is -2.08. The average Bonchev–Trinajstić information content (AvgIpc) is 3.14. The average molecular weight is 518 g/mol. The van der Waals surface area contributed by atoms with E-state index in [9.17, 15) is 22.0 Å². The molecule has 0 aliphatic rings. The van der Waals surface area contributed by atoms with E-state index < -0.39 is 27.6 Å². The number of carbonyl (C=O) groups is 1. The number of amides is 1. The van der Waals surface area contributed by atoms with E-state index in [-0.39, 0.29) is 39.6 Å². The number of nitrogens with zero attached hydrogens (tertiary/aromatic N) is 2. The van der Waals surface area contributed by atoms with Gasteiger partial charge in [0.2, 0.25) is 0 Å². The van der Waals surface area contributed by atoms with Crippen LogP contribution in [0.15, 0.2) is 70.6 Å². The van der Waals surface area contributed by atoms with Gasteiger partial charge in [0.05, 0.1) is 21.7 Å². The fourth-order valence-corrected chi connectivity index (χ4v) is 5.52. The highest BCUT2D eigenvalue weighted by Gasteiger charge is 2.16. The summed E-state index contributed by atoms with van der Waals surface area (Å²) in [4.78, 5) is 17.2. The predicted octanol–water partition coefficient (Wildman–Crippen LogP) is 4.48. The molecule has 182 valence electrons. The Morgan fingerprint density at radius 1 is 1.09 bits per heavy atom. The van der Waals surface area contributed by atoms with Crippen molar-refractivity contribution in [3.05, 3.63) is 88.2 Å². The molecule has 0 aliphatic carbocycles. The second-order valence-electron chi connectivity index (χ2n) is 7.68. The van der Waals surface area contributed by atoms with Crippen molar-refractivity contribution in [1.82, 2.24) is 4.57 Å². The van der Waals surface area contributed by atoms with Crippen LogP contribution in [0.1, 0.15) is 15.9 Å². The quantitative estimate of drug-likeness (QED) is 0.392. The van der Waals surface area contributed by atoms with Crippen LogP contribution in [0.5, 0.6) is 0 Å². The number of methoxy groups -OCH3 is 1.